The van der Waals surface area contributed by atoms with E-state index in [4.69, 9.17) is 0 Å². The van der Waals surface area contributed by atoms with Gasteiger partial charge in [0.25, 0.3) is 0 Å². The zero-order valence-corrected chi connectivity index (χ0v) is 16.2. The maximum absolute atomic E-state index is 12.8. The number of sulfonamides is 1. The lowest BCUT2D eigenvalue weighted by Gasteiger charge is -2.31. The molecule has 0 saturated carbocycles. The molecule has 1 fully saturated rings. The number of nitrogens with one attached hydrogen (secondary N) is 2. The number of benzene rings is 1. The van der Waals surface area contributed by atoms with E-state index in [1.54, 1.807) is 12.1 Å². The molecule has 1 aliphatic rings. The SMILES string of the molecule is CC(=O)Nc1ccc(S(=O)(=O)N2CCC(Nc3cc(C)ncn3)CC2)cc1. The van der Waals surface area contributed by atoms with Crippen LogP contribution in [0.5, 0.6) is 0 Å². The Morgan fingerprint density at radius 3 is 2.41 bits per heavy atom. The van der Waals surface area contributed by atoms with Crippen LogP contribution in [-0.2, 0) is 14.8 Å². The lowest BCUT2D eigenvalue weighted by atomic mass is 10.1. The van der Waals surface area contributed by atoms with Gasteiger partial charge in [0.1, 0.15) is 12.1 Å². The maximum atomic E-state index is 12.8. The second-order valence-corrected chi connectivity index (χ2v) is 8.51. The van der Waals surface area contributed by atoms with Crippen LogP contribution in [0.15, 0.2) is 41.6 Å². The number of piperidine rings is 1. The first kappa shape index (κ1) is 19.2. The van der Waals surface area contributed by atoms with Gasteiger partial charge >= 0.3 is 0 Å². The molecule has 2 heterocycles. The number of carbonyl (C=O) groups excluding carboxylic acids is 1. The van der Waals surface area contributed by atoms with Gasteiger partial charge in [-0.2, -0.15) is 4.31 Å². The molecule has 1 aromatic heterocycles. The van der Waals surface area contributed by atoms with E-state index in [1.807, 2.05) is 13.0 Å². The Balaban J connectivity index is 1.61. The van der Waals surface area contributed by atoms with Crippen molar-refractivity contribution in [3.8, 4) is 0 Å². The van der Waals surface area contributed by atoms with Crippen molar-refractivity contribution in [2.45, 2.75) is 37.6 Å². The summed E-state index contributed by atoms with van der Waals surface area (Å²) in [5.41, 5.74) is 1.46. The van der Waals surface area contributed by atoms with Gasteiger partial charge in [-0.1, -0.05) is 0 Å². The predicted octanol–water partition coefficient (Wildman–Crippen LogP) is 2.01. The van der Waals surface area contributed by atoms with Crippen molar-refractivity contribution in [1.29, 1.82) is 0 Å². The van der Waals surface area contributed by atoms with E-state index in [1.165, 1.54) is 29.7 Å². The summed E-state index contributed by atoms with van der Waals surface area (Å²) in [6, 6.07) is 8.29. The minimum atomic E-state index is -3.54. The average Bonchev–Trinajstić information content (AvgIpc) is 2.62. The van der Waals surface area contributed by atoms with E-state index in [0.29, 0.717) is 31.6 Å². The lowest BCUT2D eigenvalue weighted by molar-refractivity contribution is -0.114. The quantitative estimate of drug-likeness (QED) is 0.811. The first-order chi connectivity index (χ1) is 12.8. The van der Waals surface area contributed by atoms with Gasteiger partial charge in [-0.3, -0.25) is 4.79 Å². The van der Waals surface area contributed by atoms with E-state index in [0.717, 1.165) is 11.5 Å². The number of rotatable bonds is 5. The maximum Gasteiger partial charge on any atom is 0.243 e. The Labute approximate surface area is 159 Å². The monoisotopic (exact) mass is 389 g/mol. The Hall–Kier alpha value is -2.52. The van der Waals surface area contributed by atoms with Crippen LogP contribution in [0.3, 0.4) is 0 Å². The van der Waals surface area contributed by atoms with Crippen LogP contribution in [0.4, 0.5) is 11.5 Å². The minimum Gasteiger partial charge on any atom is -0.367 e. The summed E-state index contributed by atoms with van der Waals surface area (Å²) in [7, 11) is -3.54. The second kappa shape index (κ2) is 8.01. The van der Waals surface area contributed by atoms with Crippen molar-refractivity contribution in [1.82, 2.24) is 14.3 Å². The van der Waals surface area contributed by atoms with E-state index in [2.05, 4.69) is 20.6 Å². The van der Waals surface area contributed by atoms with Crippen LogP contribution in [0.2, 0.25) is 0 Å². The van der Waals surface area contributed by atoms with Crippen molar-refractivity contribution in [2.75, 3.05) is 23.7 Å². The van der Waals surface area contributed by atoms with Crippen molar-refractivity contribution >= 4 is 27.4 Å². The largest absolute Gasteiger partial charge is 0.367 e. The van der Waals surface area contributed by atoms with Gasteiger partial charge in [-0.05, 0) is 44.0 Å². The molecule has 1 aromatic carbocycles. The van der Waals surface area contributed by atoms with Gasteiger partial charge < -0.3 is 10.6 Å². The number of hydrogen-bond acceptors (Lipinski definition) is 6. The molecule has 0 spiro atoms. The van der Waals surface area contributed by atoms with Gasteiger partial charge in [0.2, 0.25) is 15.9 Å². The van der Waals surface area contributed by atoms with Gasteiger partial charge in [-0.15, -0.1) is 0 Å². The van der Waals surface area contributed by atoms with Crippen LogP contribution in [0, 0.1) is 6.92 Å². The Morgan fingerprint density at radius 2 is 1.81 bits per heavy atom. The van der Waals surface area contributed by atoms with Crippen LogP contribution in [0.1, 0.15) is 25.5 Å². The highest BCUT2D eigenvalue weighted by Crippen LogP contribution is 2.23. The number of hydrogen-bond donors (Lipinski definition) is 2. The highest BCUT2D eigenvalue weighted by atomic mass is 32.2. The molecule has 0 aliphatic carbocycles. The molecule has 0 atom stereocenters. The molecule has 9 heteroatoms. The third kappa shape index (κ3) is 4.81. The number of anilines is 2. The van der Waals surface area contributed by atoms with Gasteiger partial charge in [0, 0.05) is 43.5 Å². The van der Waals surface area contributed by atoms with Crippen molar-refractivity contribution in [2.24, 2.45) is 0 Å². The minimum absolute atomic E-state index is 0.174. The first-order valence-corrected chi connectivity index (χ1v) is 10.2. The average molecular weight is 389 g/mol. The highest BCUT2D eigenvalue weighted by molar-refractivity contribution is 7.89. The molecule has 3 rings (SSSR count). The molecule has 0 radical (unpaired) electrons. The fourth-order valence-corrected chi connectivity index (χ4v) is 4.52. The van der Waals surface area contributed by atoms with Crippen LogP contribution < -0.4 is 10.6 Å². The van der Waals surface area contributed by atoms with Gasteiger partial charge in [-0.25, -0.2) is 18.4 Å². The molecule has 8 nitrogen and oxygen atoms in total. The topological polar surface area (TPSA) is 104 Å². The fraction of sp³-hybridized carbons (Fsp3) is 0.389. The summed E-state index contributed by atoms with van der Waals surface area (Å²) < 4.78 is 27.2. The standard InChI is InChI=1S/C18H23N5O3S/c1-13-11-18(20-12-19-13)22-16-7-9-23(10-8-16)27(25,26)17-5-3-15(4-6-17)21-14(2)24/h3-6,11-12,16H,7-10H2,1-2H3,(H,21,24)(H,19,20,22). The van der Waals surface area contributed by atoms with Gasteiger partial charge in [0.05, 0.1) is 4.90 Å². The molecule has 2 aromatic rings. The van der Waals surface area contributed by atoms with Crippen molar-refractivity contribution in [3.05, 3.63) is 42.4 Å². The van der Waals surface area contributed by atoms with Crippen molar-refractivity contribution < 1.29 is 13.2 Å². The van der Waals surface area contributed by atoms with E-state index >= 15 is 0 Å². The predicted molar refractivity (Wildman–Crippen MR) is 103 cm³/mol. The van der Waals surface area contributed by atoms with E-state index in [-0.39, 0.29) is 16.8 Å². The summed E-state index contributed by atoms with van der Waals surface area (Å²) in [4.78, 5) is 19.6. The molecular weight excluding hydrogens is 366 g/mol. The lowest BCUT2D eigenvalue weighted by Crippen LogP contribution is -2.42. The van der Waals surface area contributed by atoms with Gasteiger partial charge in [0.15, 0.2) is 0 Å². The Bertz CT molecular complexity index is 907. The molecule has 1 aliphatic heterocycles. The number of carbonyl (C=O) groups is 1. The number of aromatic nitrogens is 2. The van der Waals surface area contributed by atoms with Crippen molar-refractivity contribution in [3.63, 3.8) is 0 Å². The number of nitrogens with zero attached hydrogens (tertiary/aromatic N) is 3. The molecule has 27 heavy (non-hydrogen) atoms. The van der Waals surface area contributed by atoms with E-state index in [9.17, 15) is 13.2 Å². The van der Waals surface area contributed by atoms with Crippen LogP contribution in [0.25, 0.3) is 0 Å². The molecule has 2 N–H and O–H groups in total. The third-order valence-electron chi connectivity index (χ3n) is 4.42. The summed E-state index contributed by atoms with van der Waals surface area (Å²) >= 11 is 0. The molecule has 1 amide bonds. The number of amides is 1. The van der Waals surface area contributed by atoms with Crippen LogP contribution >= 0.6 is 0 Å². The highest BCUT2D eigenvalue weighted by Gasteiger charge is 2.29. The fourth-order valence-electron chi connectivity index (χ4n) is 3.05. The summed E-state index contributed by atoms with van der Waals surface area (Å²) in [5, 5.41) is 5.98. The molecular formula is C18H23N5O3S. The Kier molecular flexibility index (Phi) is 5.71. The number of aryl methyl sites for hydroxylation is 1. The third-order valence-corrected chi connectivity index (χ3v) is 6.34. The van der Waals surface area contributed by atoms with Crippen LogP contribution in [-0.4, -0.2) is 47.7 Å². The zero-order valence-electron chi connectivity index (χ0n) is 15.3. The summed E-state index contributed by atoms with van der Waals surface area (Å²) in [6.07, 6.45) is 2.92. The summed E-state index contributed by atoms with van der Waals surface area (Å²) in [6.45, 7) is 4.19. The second-order valence-electron chi connectivity index (χ2n) is 6.57. The molecule has 1 saturated heterocycles. The smallest absolute Gasteiger partial charge is 0.243 e. The summed E-state index contributed by atoms with van der Waals surface area (Å²) in [5.74, 6) is 0.566. The first-order valence-electron chi connectivity index (χ1n) is 8.77. The van der Waals surface area contributed by atoms with E-state index < -0.39 is 10.0 Å². The molecule has 144 valence electrons. The molecule has 0 unspecified atom stereocenters. The normalized spacial score (nSPS) is 16.1. The zero-order chi connectivity index (χ0) is 19.4. The Morgan fingerprint density at radius 1 is 1.15 bits per heavy atom. The molecule has 0 bridgehead atoms.